The summed E-state index contributed by atoms with van der Waals surface area (Å²) in [4.78, 5) is 0. The van der Waals surface area contributed by atoms with Crippen molar-refractivity contribution in [3.05, 3.63) is 5.89 Å². The predicted octanol–water partition coefficient (Wildman–Crippen LogP) is 0.755. The molecule has 0 N–H and O–H groups in total. The minimum atomic E-state index is -3.01. The molecule has 2 rings (SSSR count). The first kappa shape index (κ1) is 8.65. The molecule has 0 spiro atoms. The van der Waals surface area contributed by atoms with E-state index in [1.54, 1.807) is 0 Å². The van der Waals surface area contributed by atoms with Gasteiger partial charge in [0.2, 0.25) is 0 Å². The smallest absolute Gasteiger partial charge is 0.326 e. The van der Waals surface area contributed by atoms with Crippen LogP contribution in [-0.2, 0) is 5.92 Å². The molecular weight excluding hydrogens is 177 g/mol. The average Bonchev–Trinajstić information content (AvgIpc) is 2.30. The molecule has 1 saturated carbocycles. The van der Waals surface area contributed by atoms with Crippen LogP contribution in [-0.4, -0.2) is 18.0 Å². The quantitative estimate of drug-likeness (QED) is 0.636. The normalized spacial score (nSPS) is 18.6. The van der Waals surface area contributed by atoms with Gasteiger partial charge in [-0.3, -0.25) is 0 Å². The van der Waals surface area contributed by atoms with Crippen LogP contribution in [0.15, 0.2) is 4.42 Å². The average molecular weight is 184 g/mol. The van der Waals surface area contributed by atoms with Gasteiger partial charge in [-0.15, -0.1) is 10.2 Å². The van der Waals surface area contributed by atoms with Gasteiger partial charge in [0, 0.05) is 5.92 Å². The highest BCUT2D eigenvalue weighted by Gasteiger charge is 2.48. The Balaban J connectivity index is 2.22. The Hall–Kier alpha value is -0.935. The zero-order valence-electron chi connectivity index (χ0n) is 6.83. The summed E-state index contributed by atoms with van der Waals surface area (Å²) in [5, 5.41) is 6.40. The number of aromatic nitrogens is 2. The maximum atomic E-state index is 13.4. The van der Waals surface area contributed by atoms with E-state index in [9.17, 15) is 8.78 Å². The molecule has 0 atom stereocenters. The van der Waals surface area contributed by atoms with Gasteiger partial charge in [0.25, 0.3) is 5.89 Å². The number of halogens is 2. The molecule has 0 saturated heterocycles. The lowest BCUT2D eigenvalue weighted by atomic mass is 9.80. The minimum Gasteiger partial charge on any atom is -0.432 e. The molecular formula is C7H7BF2N2O. The molecule has 0 unspecified atom stereocenters. The fraction of sp³-hybridized carbons (Fsp3) is 0.714. The van der Waals surface area contributed by atoms with Crippen molar-refractivity contribution in [2.45, 2.75) is 25.2 Å². The Labute approximate surface area is 74.9 Å². The highest BCUT2D eigenvalue weighted by atomic mass is 19.3. The van der Waals surface area contributed by atoms with Crippen molar-refractivity contribution in [3.63, 3.8) is 0 Å². The van der Waals surface area contributed by atoms with Crippen molar-refractivity contribution in [1.29, 1.82) is 0 Å². The van der Waals surface area contributed by atoms with Crippen LogP contribution in [0.3, 0.4) is 0 Å². The number of alkyl halides is 2. The Morgan fingerprint density at radius 2 is 2.08 bits per heavy atom. The lowest BCUT2D eigenvalue weighted by molar-refractivity contribution is -0.113. The number of hydrogen-bond donors (Lipinski definition) is 0. The molecule has 2 radical (unpaired) electrons. The molecule has 1 heterocycles. The second-order valence-corrected chi connectivity index (χ2v) is 3.20. The summed E-state index contributed by atoms with van der Waals surface area (Å²) < 4.78 is 31.2. The van der Waals surface area contributed by atoms with Crippen LogP contribution in [0.1, 0.15) is 25.2 Å². The molecule has 0 aliphatic heterocycles. The lowest BCUT2D eigenvalue weighted by Crippen LogP contribution is -2.31. The summed E-state index contributed by atoms with van der Waals surface area (Å²) in [6, 6.07) is 0. The van der Waals surface area contributed by atoms with Crippen LogP contribution in [0.25, 0.3) is 0 Å². The highest BCUT2D eigenvalue weighted by molar-refractivity contribution is 6.27. The van der Waals surface area contributed by atoms with Gasteiger partial charge in [0.05, 0.1) is 0 Å². The molecule has 1 fully saturated rings. The van der Waals surface area contributed by atoms with E-state index in [4.69, 9.17) is 7.85 Å². The van der Waals surface area contributed by atoms with Crippen LogP contribution in [0.5, 0.6) is 0 Å². The van der Waals surface area contributed by atoms with E-state index in [1.807, 2.05) is 0 Å². The molecule has 1 aliphatic rings. The van der Waals surface area contributed by atoms with Crippen molar-refractivity contribution in [3.8, 4) is 0 Å². The van der Waals surface area contributed by atoms with E-state index >= 15 is 0 Å². The molecule has 0 bridgehead atoms. The van der Waals surface area contributed by atoms with Gasteiger partial charge in [0.1, 0.15) is 0 Å². The fourth-order valence-corrected chi connectivity index (χ4v) is 1.31. The molecule has 1 aromatic heterocycles. The number of rotatable bonds is 2. The zero-order valence-corrected chi connectivity index (χ0v) is 6.83. The third kappa shape index (κ3) is 1.34. The summed E-state index contributed by atoms with van der Waals surface area (Å²) in [5.74, 6) is -4.64. The van der Waals surface area contributed by atoms with Gasteiger partial charge in [-0.05, 0) is 12.8 Å². The van der Waals surface area contributed by atoms with Crippen molar-refractivity contribution in [2.24, 2.45) is 5.92 Å². The largest absolute Gasteiger partial charge is 0.432 e. The second kappa shape index (κ2) is 2.78. The maximum absolute atomic E-state index is 13.4. The van der Waals surface area contributed by atoms with E-state index in [-0.39, 0.29) is 5.79 Å². The maximum Gasteiger partial charge on any atom is 0.326 e. The lowest BCUT2D eigenvalue weighted by Gasteiger charge is -2.30. The van der Waals surface area contributed by atoms with Gasteiger partial charge in [-0.2, -0.15) is 8.78 Å². The summed E-state index contributed by atoms with van der Waals surface area (Å²) >= 11 is 0. The highest BCUT2D eigenvalue weighted by Crippen LogP contribution is 2.45. The number of nitrogens with zero attached hydrogens (tertiary/aromatic N) is 2. The monoisotopic (exact) mass is 184 g/mol. The van der Waals surface area contributed by atoms with Gasteiger partial charge in [-0.1, -0.05) is 6.42 Å². The summed E-state index contributed by atoms with van der Waals surface area (Å²) in [6.07, 6.45) is 1.86. The fourth-order valence-electron chi connectivity index (χ4n) is 1.31. The molecule has 1 aromatic rings. The molecule has 0 aromatic carbocycles. The van der Waals surface area contributed by atoms with Crippen molar-refractivity contribution < 1.29 is 13.2 Å². The van der Waals surface area contributed by atoms with E-state index in [2.05, 4.69) is 14.6 Å². The third-order valence-electron chi connectivity index (χ3n) is 2.34. The van der Waals surface area contributed by atoms with E-state index in [0.29, 0.717) is 12.8 Å². The third-order valence-corrected chi connectivity index (χ3v) is 2.34. The van der Waals surface area contributed by atoms with Gasteiger partial charge in [-0.25, -0.2) is 0 Å². The first-order chi connectivity index (χ1) is 6.10. The summed E-state index contributed by atoms with van der Waals surface area (Å²) in [5.41, 5.74) is 0. The van der Waals surface area contributed by atoms with E-state index in [1.165, 1.54) is 0 Å². The van der Waals surface area contributed by atoms with Gasteiger partial charge < -0.3 is 4.42 Å². The zero-order chi connectivity index (χ0) is 9.47. The van der Waals surface area contributed by atoms with Crippen LogP contribution in [0.2, 0.25) is 0 Å². The second-order valence-electron chi connectivity index (χ2n) is 3.20. The van der Waals surface area contributed by atoms with Crippen LogP contribution in [0, 0.1) is 5.92 Å². The molecule has 13 heavy (non-hydrogen) atoms. The summed E-state index contributed by atoms with van der Waals surface area (Å²) in [7, 11) is 5.06. The molecule has 3 nitrogen and oxygen atoms in total. The van der Waals surface area contributed by atoms with Crippen molar-refractivity contribution in [1.82, 2.24) is 10.2 Å². The van der Waals surface area contributed by atoms with Gasteiger partial charge in [0.15, 0.2) is 13.6 Å². The SMILES string of the molecule is [B]c1nnc(C(F)(F)C2CCC2)o1. The Morgan fingerprint density at radius 3 is 2.46 bits per heavy atom. The molecule has 0 amide bonds. The Kier molecular flexibility index (Phi) is 1.85. The van der Waals surface area contributed by atoms with Crippen LogP contribution >= 0.6 is 0 Å². The van der Waals surface area contributed by atoms with Crippen LogP contribution < -0.4 is 5.79 Å². The minimum absolute atomic E-state index is 0.311. The Morgan fingerprint density at radius 1 is 1.38 bits per heavy atom. The standard InChI is InChI=1S/C7H7BF2N2O/c8-6-12-11-5(13-6)7(9,10)4-2-1-3-4/h4H,1-3H2. The first-order valence-corrected chi connectivity index (χ1v) is 4.08. The van der Waals surface area contributed by atoms with Crippen LogP contribution in [0.4, 0.5) is 8.78 Å². The number of hydrogen-bond acceptors (Lipinski definition) is 3. The molecule has 68 valence electrons. The van der Waals surface area contributed by atoms with E-state index in [0.717, 1.165) is 6.42 Å². The van der Waals surface area contributed by atoms with Gasteiger partial charge >= 0.3 is 5.92 Å². The summed E-state index contributed by atoms with van der Waals surface area (Å²) in [6.45, 7) is 0. The topological polar surface area (TPSA) is 38.9 Å². The predicted molar refractivity (Wildman–Crippen MR) is 40.9 cm³/mol. The Bertz CT molecular complexity index is 311. The van der Waals surface area contributed by atoms with Crippen molar-refractivity contribution >= 4 is 13.6 Å². The molecule has 6 heteroatoms. The first-order valence-electron chi connectivity index (χ1n) is 4.08. The van der Waals surface area contributed by atoms with Crippen molar-refractivity contribution in [2.75, 3.05) is 0 Å². The van der Waals surface area contributed by atoms with E-state index < -0.39 is 17.7 Å². The molecule has 1 aliphatic carbocycles.